The lowest BCUT2D eigenvalue weighted by Gasteiger charge is -2.19. The van der Waals surface area contributed by atoms with Crippen molar-refractivity contribution in [3.05, 3.63) is 54.0 Å². The summed E-state index contributed by atoms with van der Waals surface area (Å²) >= 11 is 0. The van der Waals surface area contributed by atoms with Crippen LogP contribution in [0.15, 0.2) is 47.1 Å². The van der Waals surface area contributed by atoms with Crippen molar-refractivity contribution in [3.8, 4) is 0 Å². The van der Waals surface area contributed by atoms with Crippen LogP contribution in [0.4, 0.5) is 5.69 Å². The molecule has 0 aliphatic heterocycles. The van der Waals surface area contributed by atoms with Crippen molar-refractivity contribution in [1.29, 1.82) is 0 Å². The minimum Gasteiger partial charge on any atom is -0.459 e. The van der Waals surface area contributed by atoms with E-state index in [-0.39, 0.29) is 23.0 Å². The van der Waals surface area contributed by atoms with E-state index in [1.54, 1.807) is 12.1 Å². The first-order valence-corrected chi connectivity index (χ1v) is 8.08. The highest BCUT2D eigenvalue weighted by Crippen LogP contribution is 2.23. The van der Waals surface area contributed by atoms with E-state index in [0.717, 1.165) is 5.69 Å². The van der Waals surface area contributed by atoms with E-state index in [4.69, 9.17) is 4.42 Å². The monoisotopic (exact) mass is 328 g/mol. The van der Waals surface area contributed by atoms with Crippen LogP contribution in [0.5, 0.6) is 0 Å². The number of carbonyl (C=O) groups is 2. The number of amides is 2. The maximum atomic E-state index is 11.9. The van der Waals surface area contributed by atoms with Gasteiger partial charge in [-0.15, -0.1) is 0 Å². The molecule has 0 spiro atoms. The van der Waals surface area contributed by atoms with E-state index in [0.29, 0.717) is 19.4 Å². The highest BCUT2D eigenvalue weighted by Gasteiger charge is 2.13. The summed E-state index contributed by atoms with van der Waals surface area (Å²) in [7, 11) is 0. The number of hydrogen-bond acceptors (Lipinski definition) is 3. The first-order chi connectivity index (χ1) is 11.4. The Balaban J connectivity index is 1.70. The molecule has 0 fully saturated rings. The van der Waals surface area contributed by atoms with Crippen molar-refractivity contribution >= 4 is 17.5 Å². The third-order valence-corrected chi connectivity index (χ3v) is 3.65. The summed E-state index contributed by atoms with van der Waals surface area (Å²) in [5.41, 5.74) is 2.10. The fourth-order valence-corrected chi connectivity index (χ4v) is 2.22. The van der Waals surface area contributed by atoms with Gasteiger partial charge in [0.2, 0.25) is 5.91 Å². The van der Waals surface area contributed by atoms with Crippen LogP contribution in [0.25, 0.3) is 0 Å². The van der Waals surface area contributed by atoms with Gasteiger partial charge in [-0.1, -0.05) is 32.9 Å². The molecular formula is C19H24N2O3. The Morgan fingerprint density at radius 1 is 1.08 bits per heavy atom. The van der Waals surface area contributed by atoms with E-state index < -0.39 is 0 Å². The van der Waals surface area contributed by atoms with Crippen molar-refractivity contribution in [2.24, 2.45) is 0 Å². The van der Waals surface area contributed by atoms with Gasteiger partial charge in [0.05, 0.1) is 6.26 Å². The number of hydrogen-bond donors (Lipinski definition) is 2. The maximum Gasteiger partial charge on any atom is 0.286 e. The lowest BCUT2D eigenvalue weighted by molar-refractivity contribution is -0.116. The number of furan rings is 1. The molecule has 24 heavy (non-hydrogen) atoms. The summed E-state index contributed by atoms with van der Waals surface area (Å²) < 4.78 is 4.99. The van der Waals surface area contributed by atoms with E-state index in [1.807, 2.05) is 24.3 Å². The van der Waals surface area contributed by atoms with Crippen molar-refractivity contribution < 1.29 is 14.0 Å². The number of rotatable bonds is 6. The highest BCUT2D eigenvalue weighted by molar-refractivity contribution is 5.92. The molecule has 0 aliphatic rings. The largest absolute Gasteiger partial charge is 0.459 e. The summed E-state index contributed by atoms with van der Waals surface area (Å²) in [5, 5.41) is 5.58. The third kappa shape index (κ3) is 5.26. The van der Waals surface area contributed by atoms with Crippen LogP contribution in [0.2, 0.25) is 0 Å². The van der Waals surface area contributed by atoms with Crippen molar-refractivity contribution in [3.63, 3.8) is 0 Å². The van der Waals surface area contributed by atoms with Gasteiger partial charge >= 0.3 is 0 Å². The maximum absolute atomic E-state index is 11.9. The molecular weight excluding hydrogens is 304 g/mol. The van der Waals surface area contributed by atoms with Crippen LogP contribution in [-0.2, 0) is 10.2 Å². The highest BCUT2D eigenvalue weighted by atomic mass is 16.3. The second-order valence-corrected chi connectivity index (χ2v) is 6.71. The predicted octanol–water partition coefficient (Wildman–Crippen LogP) is 3.73. The number of benzene rings is 1. The number of nitrogens with one attached hydrogen (secondary N) is 2. The average Bonchev–Trinajstić information content (AvgIpc) is 3.05. The first kappa shape index (κ1) is 17.8. The van der Waals surface area contributed by atoms with Gasteiger partial charge < -0.3 is 15.1 Å². The zero-order valence-electron chi connectivity index (χ0n) is 14.4. The predicted molar refractivity (Wildman–Crippen MR) is 94.0 cm³/mol. The molecule has 5 heteroatoms. The Labute approximate surface area is 142 Å². The SMILES string of the molecule is CC(C)(C)c1ccc(NC(=O)CCCNC(=O)c2ccco2)cc1. The van der Waals surface area contributed by atoms with Crippen LogP contribution in [-0.4, -0.2) is 18.4 Å². The van der Waals surface area contributed by atoms with Crippen molar-refractivity contribution in [2.45, 2.75) is 39.0 Å². The van der Waals surface area contributed by atoms with E-state index >= 15 is 0 Å². The molecule has 0 atom stereocenters. The summed E-state index contributed by atoms with van der Waals surface area (Å²) in [4.78, 5) is 23.6. The zero-order chi connectivity index (χ0) is 17.6. The van der Waals surface area contributed by atoms with Gasteiger partial charge in [-0.2, -0.15) is 0 Å². The molecule has 0 saturated heterocycles. The molecule has 1 aromatic carbocycles. The molecule has 2 aromatic rings. The first-order valence-electron chi connectivity index (χ1n) is 8.08. The quantitative estimate of drug-likeness (QED) is 0.794. The van der Waals surface area contributed by atoms with Gasteiger partial charge in [0.25, 0.3) is 5.91 Å². The summed E-state index contributed by atoms with van der Waals surface area (Å²) in [6.45, 7) is 6.88. The van der Waals surface area contributed by atoms with Gasteiger partial charge in [0.15, 0.2) is 5.76 Å². The summed E-state index contributed by atoms with van der Waals surface area (Å²) in [6, 6.07) is 11.1. The molecule has 1 aromatic heterocycles. The smallest absolute Gasteiger partial charge is 0.286 e. The van der Waals surface area contributed by atoms with Crippen molar-refractivity contribution in [2.75, 3.05) is 11.9 Å². The Morgan fingerprint density at radius 3 is 2.38 bits per heavy atom. The van der Waals surface area contributed by atoms with Crippen LogP contribution in [0, 0.1) is 0 Å². The topological polar surface area (TPSA) is 71.3 Å². The fraction of sp³-hybridized carbons (Fsp3) is 0.368. The van der Waals surface area contributed by atoms with E-state index in [9.17, 15) is 9.59 Å². The molecule has 0 aliphatic carbocycles. The molecule has 0 radical (unpaired) electrons. The molecule has 2 amide bonds. The Kier molecular flexibility index (Phi) is 5.79. The van der Waals surface area contributed by atoms with Crippen LogP contribution in [0.3, 0.4) is 0 Å². The molecule has 0 bridgehead atoms. The standard InChI is InChI=1S/C19H24N2O3/c1-19(2,3)14-8-10-15(11-9-14)21-17(22)7-4-12-20-18(23)16-6-5-13-24-16/h5-6,8-11,13H,4,7,12H2,1-3H3,(H,20,23)(H,21,22). The van der Waals surface area contributed by atoms with Gasteiger partial charge in [0, 0.05) is 18.7 Å². The van der Waals surface area contributed by atoms with E-state index in [2.05, 4.69) is 31.4 Å². The zero-order valence-corrected chi connectivity index (χ0v) is 14.4. The van der Waals surface area contributed by atoms with Gasteiger partial charge in [-0.3, -0.25) is 9.59 Å². The van der Waals surface area contributed by atoms with Crippen LogP contribution in [0.1, 0.15) is 49.7 Å². The average molecular weight is 328 g/mol. The molecule has 2 rings (SSSR count). The summed E-state index contributed by atoms with van der Waals surface area (Å²) in [6.07, 6.45) is 2.37. The molecule has 0 unspecified atom stereocenters. The fourth-order valence-electron chi connectivity index (χ4n) is 2.22. The molecule has 0 saturated carbocycles. The minimum absolute atomic E-state index is 0.0641. The van der Waals surface area contributed by atoms with Crippen LogP contribution >= 0.6 is 0 Å². The Bertz CT molecular complexity index is 668. The summed E-state index contributed by atoms with van der Waals surface area (Å²) in [5.74, 6) is -0.0534. The number of anilines is 1. The van der Waals surface area contributed by atoms with Crippen LogP contribution < -0.4 is 10.6 Å². The second-order valence-electron chi connectivity index (χ2n) is 6.71. The number of carbonyl (C=O) groups excluding carboxylic acids is 2. The molecule has 1 heterocycles. The Morgan fingerprint density at radius 2 is 1.79 bits per heavy atom. The second kappa shape index (κ2) is 7.81. The minimum atomic E-state index is -0.266. The lowest BCUT2D eigenvalue weighted by Crippen LogP contribution is -2.25. The molecule has 2 N–H and O–H groups in total. The molecule has 128 valence electrons. The lowest BCUT2D eigenvalue weighted by atomic mass is 9.87. The third-order valence-electron chi connectivity index (χ3n) is 3.65. The van der Waals surface area contributed by atoms with E-state index in [1.165, 1.54) is 11.8 Å². The van der Waals surface area contributed by atoms with Gasteiger partial charge in [-0.05, 0) is 41.7 Å². The van der Waals surface area contributed by atoms with Crippen molar-refractivity contribution in [1.82, 2.24) is 5.32 Å². The van der Waals surface area contributed by atoms with Gasteiger partial charge in [0.1, 0.15) is 0 Å². The Hall–Kier alpha value is -2.56. The normalized spacial score (nSPS) is 11.1. The van der Waals surface area contributed by atoms with Gasteiger partial charge in [-0.25, -0.2) is 0 Å². The molecule has 5 nitrogen and oxygen atoms in total.